The topological polar surface area (TPSA) is 149 Å². The number of phenols is 2. The van der Waals surface area contributed by atoms with Crippen molar-refractivity contribution in [3.8, 4) is 11.5 Å². The summed E-state index contributed by atoms with van der Waals surface area (Å²) in [5.74, 6) is -1.92. The molecule has 0 saturated heterocycles. The Labute approximate surface area is 257 Å². The number of hydrogen-bond acceptors (Lipinski definition) is 6. The van der Waals surface area contributed by atoms with Gasteiger partial charge in [-0.3, -0.25) is 0 Å². The molecule has 4 N–H and O–H groups in total. The number of halogens is 4. The molecule has 0 aliphatic rings. The monoisotopic (exact) mass is 806 g/mol. The quantitative estimate of drug-likeness (QED) is 0.164. The molecule has 39 heavy (non-hydrogen) atoms. The molecule has 0 unspecified atom stereocenters. The van der Waals surface area contributed by atoms with Crippen LogP contribution in [0.4, 0.5) is 0 Å². The zero-order chi connectivity index (χ0) is 29.3. The summed E-state index contributed by atoms with van der Waals surface area (Å²) in [6.45, 7) is 0. The van der Waals surface area contributed by atoms with Gasteiger partial charge in [0.15, 0.2) is 0 Å². The normalized spacial score (nSPS) is 10.4. The predicted molar refractivity (Wildman–Crippen MR) is 159 cm³/mol. The first kappa shape index (κ1) is 32.5. The zero-order valence-corrected chi connectivity index (χ0v) is 26.6. The van der Waals surface area contributed by atoms with Crippen molar-refractivity contribution in [2.24, 2.45) is 0 Å². The highest BCUT2D eigenvalue weighted by Crippen LogP contribution is 2.39. The smallest absolute Gasteiger partial charge is 0.335 e. The van der Waals surface area contributed by atoms with Crippen molar-refractivity contribution in [2.75, 3.05) is 0 Å². The minimum atomic E-state index is -3.80. The van der Waals surface area contributed by atoms with Crippen molar-refractivity contribution < 1.29 is 38.4 Å². The Kier molecular flexibility index (Phi) is 12.2. The van der Waals surface area contributed by atoms with E-state index in [4.69, 9.17) is 10.2 Å². The molecule has 0 fully saturated rings. The lowest BCUT2D eigenvalue weighted by Gasteiger charge is -2.10. The van der Waals surface area contributed by atoms with Gasteiger partial charge in [0, 0.05) is 0 Å². The second kappa shape index (κ2) is 14.6. The standard InChI is InChI=1S/C12H6Br4O4S.2C7H6O2/c13-7-1-5(2-8(14)11(7)17)21(19,20)6-3-9(15)12(18)10(16)4-6;2*8-7(9)6-4-2-1-3-5-6/h1-4,17-18H;2*1-5H,(H,8,9). The third kappa shape index (κ3) is 9.17. The molecule has 204 valence electrons. The molecule has 13 heteroatoms. The molecule has 0 aliphatic heterocycles. The van der Waals surface area contributed by atoms with Crippen LogP contribution in [0.5, 0.6) is 11.5 Å². The van der Waals surface area contributed by atoms with Crippen LogP contribution in [0.2, 0.25) is 0 Å². The number of benzene rings is 4. The van der Waals surface area contributed by atoms with E-state index >= 15 is 0 Å². The van der Waals surface area contributed by atoms with Crippen molar-refractivity contribution in [3.05, 3.63) is 114 Å². The van der Waals surface area contributed by atoms with Gasteiger partial charge in [0.05, 0.1) is 38.8 Å². The molecular weight excluding hydrogens is 792 g/mol. The molecule has 0 spiro atoms. The van der Waals surface area contributed by atoms with Crippen molar-refractivity contribution in [3.63, 3.8) is 0 Å². The van der Waals surface area contributed by atoms with E-state index in [9.17, 15) is 28.2 Å². The SMILES string of the molecule is O=C(O)c1ccccc1.O=C(O)c1ccccc1.O=S(=O)(c1cc(Br)c(O)c(Br)c1)c1cc(Br)c(O)c(Br)c1. The summed E-state index contributed by atoms with van der Waals surface area (Å²) < 4.78 is 26.3. The fourth-order valence-electron chi connectivity index (χ4n) is 2.69. The molecule has 4 rings (SSSR count). The predicted octanol–water partition coefficient (Wildman–Crippen LogP) is 7.75. The highest BCUT2D eigenvalue weighted by atomic mass is 79.9. The summed E-state index contributed by atoms with van der Waals surface area (Å²) in [5.41, 5.74) is 0.662. The van der Waals surface area contributed by atoms with Crippen LogP contribution in [-0.4, -0.2) is 40.8 Å². The van der Waals surface area contributed by atoms with E-state index in [1.165, 1.54) is 24.3 Å². The highest BCUT2D eigenvalue weighted by Gasteiger charge is 2.22. The third-order valence-corrected chi connectivity index (χ3v) is 8.77. The number of phenolic OH excluding ortho intramolecular Hbond substituents is 2. The molecule has 0 radical (unpaired) electrons. The van der Waals surface area contributed by atoms with Gasteiger partial charge in [0.1, 0.15) is 11.5 Å². The summed E-state index contributed by atoms with van der Waals surface area (Å²) in [6, 6.07) is 21.8. The van der Waals surface area contributed by atoms with Gasteiger partial charge in [-0.1, -0.05) is 36.4 Å². The Morgan fingerprint density at radius 1 is 0.538 bits per heavy atom. The van der Waals surface area contributed by atoms with Gasteiger partial charge in [-0.15, -0.1) is 0 Å². The second-order valence-electron chi connectivity index (χ2n) is 7.32. The van der Waals surface area contributed by atoms with Crippen LogP contribution in [-0.2, 0) is 9.84 Å². The van der Waals surface area contributed by atoms with E-state index in [2.05, 4.69) is 63.7 Å². The minimum Gasteiger partial charge on any atom is -0.506 e. The summed E-state index contributed by atoms with van der Waals surface area (Å²) in [4.78, 5) is 20.4. The first-order valence-corrected chi connectivity index (χ1v) is 15.1. The number of carboxylic acids is 2. The van der Waals surface area contributed by atoms with E-state index in [0.29, 0.717) is 11.1 Å². The molecule has 0 amide bonds. The third-order valence-electron chi connectivity index (χ3n) is 4.64. The molecule has 0 heterocycles. The van der Waals surface area contributed by atoms with E-state index in [1.54, 1.807) is 60.7 Å². The Balaban J connectivity index is 0.000000243. The van der Waals surface area contributed by atoms with E-state index in [0.717, 1.165) is 0 Å². The summed E-state index contributed by atoms with van der Waals surface area (Å²) in [6.07, 6.45) is 0. The van der Waals surface area contributed by atoms with E-state index < -0.39 is 21.8 Å². The van der Waals surface area contributed by atoms with Gasteiger partial charge in [-0.05, 0) is 112 Å². The molecule has 4 aromatic rings. The molecule has 0 saturated carbocycles. The van der Waals surface area contributed by atoms with Crippen LogP contribution in [0.25, 0.3) is 0 Å². The Morgan fingerprint density at radius 2 is 0.795 bits per heavy atom. The number of hydrogen-bond donors (Lipinski definition) is 4. The van der Waals surface area contributed by atoms with Crippen LogP contribution in [0.15, 0.2) is 113 Å². The largest absolute Gasteiger partial charge is 0.506 e. The maximum absolute atomic E-state index is 12.6. The number of rotatable bonds is 4. The second-order valence-corrected chi connectivity index (χ2v) is 12.7. The molecule has 4 aromatic carbocycles. The number of carbonyl (C=O) groups is 2. The highest BCUT2D eigenvalue weighted by molar-refractivity contribution is 9.11. The van der Waals surface area contributed by atoms with Gasteiger partial charge in [-0.25, -0.2) is 18.0 Å². The number of carboxylic acid groups (broad SMARTS) is 2. The lowest BCUT2D eigenvalue weighted by Crippen LogP contribution is -2.02. The number of aromatic hydroxyl groups is 2. The van der Waals surface area contributed by atoms with Crippen molar-refractivity contribution in [1.82, 2.24) is 0 Å². The van der Waals surface area contributed by atoms with Crippen molar-refractivity contribution in [2.45, 2.75) is 9.79 Å². The van der Waals surface area contributed by atoms with Gasteiger partial charge >= 0.3 is 11.9 Å². The Hall–Kier alpha value is -2.71. The molecule has 0 atom stereocenters. The molecule has 0 aromatic heterocycles. The van der Waals surface area contributed by atoms with Gasteiger partial charge in [-0.2, -0.15) is 0 Å². The zero-order valence-electron chi connectivity index (χ0n) is 19.4. The summed E-state index contributed by atoms with van der Waals surface area (Å²) in [5, 5.41) is 36.1. The first-order chi connectivity index (χ1) is 18.2. The molecular formula is C26H18Br4O8S. The van der Waals surface area contributed by atoms with E-state index in [1.807, 2.05) is 0 Å². The summed E-state index contributed by atoms with van der Waals surface area (Å²) >= 11 is 12.4. The first-order valence-electron chi connectivity index (χ1n) is 10.4. The average Bonchev–Trinajstić information content (AvgIpc) is 2.91. The summed E-state index contributed by atoms with van der Waals surface area (Å²) in [7, 11) is -3.80. The van der Waals surface area contributed by atoms with Crippen LogP contribution < -0.4 is 0 Å². The average molecular weight is 810 g/mol. The van der Waals surface area contributed by atoms with Crippen LogP contribution >= 0.6 is 63.7 Å². The van der Waals surface area contributed by atoms with Crippen LogP contribution in [0, 0.1) is 0 Å². The molecule has 8 nitrogen and oxygen atoms in total. The maximum Gasteiger partial charge on any atom is 0.335 e. The van der Waals surface area contributed by atoms with Gasteiger partial charge in [0.25, 0.3) is 0 Å². The van der Waals surface area contributed by atoms with Crippen molar-refractivity contribution >= 4 is 85.5 Å². The lowest BCUT2D eigenvalue weighted by molar-refractivity contribution is 0.0686. The minimum absolute atomic E-state index is 0.00328. The van der Waals surface area contributed by atoms with Gasteiger partial charge < -0.3 is 20.4 Å². The lowest BCUT2D eigenvalue weighted by atomic mass is 10.2. The fourth-order valence-corrected chi connectivity index (χ4v) is 7.04. The number of aromatic carboxylic acids is 2. The fraction of sp³-hybridized carbons (Fsp3) is 0. The maximum atomic E-state index is 12.6. The Morgan fingerprint density at radius 3 is 1.00 bits per heavy atom. The Bertz CT molecular complexity index is 1420. The van der Waals surface area contributed by atoms with Gasteiger partial charge in [0.2, 0.25) is 9.84 Å². The van der Waals surface area contributed by atoms with E-state index in [-0.39, 0.29) is 39.2 Å². The van der Waals surface area contributed by atoms with Crippen molar-refractivity contribution in [1.29, 1.82) is 0 Å². The molecule has 0 aliphatic carbocycles. The van der Waals surface area contributed by atoms with Crippen LogP contribution in [0.1, 0.15) is 20.7 Å². The molecule has 0 bridgehead atoms. The number of sulfone groups is 1. The van der Waals surface area contributed by atoms with Crippen LogP contribution in [0.3, 0.4) is 0 Å².